The van der Waals surface area contributed by atoms with Gasteiger partial charge in [0.25, 0.3) is 0 Å². The van der Waals surface area contributed by atoms with Gasteiger partial charge in [-0.2, -0.15) is 0 Å². The van der Waals surface area contributed by atoms with Gasteiger partial charge < -0.3 is 10.3 Å². The van der Waals surface area contributed by atoms with E-state index in [2.05, 4.69) is 23.3 Å². The van der Waals surface area contributed by atoms with Crippen molar-refractivity contribution in [1.82, 2.24) is 10.3 Å². The molecule has 2 aromatic rings. The maximum Gasteiger partial charge on any atom is 0.0649 e. The maximum atomic E-state index is 6.18. The molecule has 1 aliphatic heterocycles. The van der Waals surface area contributed by atoms with Crippen LogP contribution in [0.25, 0.3) is 10.9 Å². The molecule has 0 unspecified atom stereocenters. The van der Waals surface area contributed by atoms with Crippen LogP contribution >= 0.6 is 11.6 Å². The Hall–Kier alpha value is -0.990. The number of hydrogen-bond donors (Lipinski definition) is 2. The average molecular weight is 207 g/mol. The molecule has 0 saturated heterocycles. The van der Waals surface area contributed by atoms with Crippen molar-refractivity contribution >= 4 is 22.5 Å². The van der Waals surface area contributed by atoms with Crippen molar-refractivity contribution in [2.24, 2.45) is 0 Å². The van der Waals surface area contributed by atoms with Gasteiger partial charge in [0.1, 0.15) is 0 Å². The number of fused-ring (bicyclic) bond motifs is 3. The highest BCUT2D eigenvalue weighted by Gasteiger charge is 2.17. The van der Waals surface area contributed by atoms with Gasteiger partial charge in [0.05, 0.1) is 10.5 Å². The molecule has 2 nitrogen and oxygen atoms in total. The maximum absolute atomic E-state index is 6.18. The van der Waals surface area contributed by atoms with Crippen LogP contribution in [-0.4, -0.2) is 4.98 Å². The molecule has 1 aliphatic rings. The SMILES string of the molecule is Cc1cc(Cl)c2[nH]c3c(c2c1)CNC3. The molecule has 0 spiro atoms. The molecule has 0 aliphatic carbocycles. The zero-order chi connectivity index (χ0) is 9.71. The van der Waals surface area contributed by atoms with Gasteiger partial charge in [-0.05, 0) is 30.2 Å². The first kappa shape index (κ1) is 8.33. The molecule has 2 heterocycles. The van der Waals surface area contributed by atoms with E-state index in [1.807, 2.05) is 6.07 Å². The average Bonchev–Trinajstić information content (AvgIpc) is 2.65. The van der Waals surface area contributed by atoms with Crippen LogP contribution in [0.5, 0.6) is 0 Å². The molecular weight excluding hydrogens is 196 g/mol. The van der Waals surface area contributed by atoms with Crippen molar-refractivity contribution in [2.45, 2.75) is 20.0 Å². The van der Waals surface area contributed by atoms with Gasteiger partial charge in [-0.15, -0.1) is 0 Å². The predicted octanol–water partition coefficient (Wildman–Crippen LogP) is 2.73. The van der Waals surface area contributed by atoms with E-state index in [1.165, 1.54) is 22.2 Å². The Morgan fingerprint density at radius 2 is 2.14 bits per heavy atom. The highest BCUT2D eigenvalue weighted by molar-refractivity contribution is 6.35. The topological polar surface area (TPSA) is 27.8 Å². The summed E-state index contributed by atoms with van der Waals surface area (Å²) < 4.78 is 0. The number of nitrogens with one attached hydrogen (secondary N) is 2. The minimum Gasteiger partial charge on any atom is -0.356 e. The molecule has 3 rings (SSSR count). The molecule has 0 bridgehead atoms. The lowest BCUT2D eigenvalue weighted by Gasteiger charge is -1.99. The number of rotatable bonds is 0. The normalized spacial score (nSPS) is 15.0. The molecule has 72 valence electrons. The number of hydrogen-bond acceptors (Lipinski definition) is 1. The van der Waals surface area contributed by atoms with E-state index in [4.69, 9.17) is 11.6 Å². The summed E-state index contributed by atoms with van der Waals surface area (Å²) in [4.78, 5) is 3.38. The Labute approximate surface area is 87.3 Å². The summed E-state index contributed by atoms with van der Waals surface area (Å²) in [6, 6.07) is 4.20. The van der Waals surface area contributed by atoms with Crippen molar-refractivity contribution in [1.29, 1.82) is 0 Å². The summed E-state index contributed by atoms with van der Waals surface area (Å²) in [6.45, 7) is 3.96. The van der Waals surface area contributed by atoms with Crippen LogP contribution in [0.2, 0.25) is 5.02 Å². The molecule has 0 amide bonds. The summed E-state index contributed by atoms with van der Waals surface area (Å²) in [5, 5.41) is 5.43. The Morgan fingerprint density at radius 1 is 1.29 bits per heavy atom. The van der Waals surface area contributed by atoms with Gasteiger partial charge in [-0.3, -0.25) is 0 Å². The lowest BCUT2D eigenvalue weighted by Crippen LogP contribution is -2.01. The molecule has 3 heteroatoms. The minimum atomic E-state index is 0.828. The first-order chi connectivity index (χ1) is 6.75. The monoisotopic (exact) mass is 206 g/mol. The Bertz CT molecular complexity index is 513. The van der Waals surface area contributed by atoms with Crippen LogP contribution in [0.4, 0.5) is 0 Å². The van der Waals surface area contributed by atoms with Gasteiger partial charge >= 0.3 is 0 Å². The molecule has 1 aromatic carbocycles. The van der Waals surface area contributed by atoms with E-state index >= 15 is 0 Å². The van der Waals surface area contributed by atoms with Gasteiger partial charge in [0.15, 0.2) is 0 Å². The largest absolute Gasteiger partial charge is 0.356 e. The van der Waals surface area contributed by atoms with Crippen LogP contribution in [0.3, 0.4) is 0 Å². The van der Waals surface area contributed by atoms with Crippen LogP contribution in [0.15, 0.2) is 12.1 Å². The van der Waals surface area contributed by atoms with E-state index in [0.29, 0.717) is 0 Å². The summed E-state index contributed by atoms with van der Waals surface area (Å²) in [5.74, 6) is 0. The summed E-state index contributed by atoms with van der Waals surface area (Å²) in [5.41, 5.74) is 4.97. The zero-order valence-corrected chi connectivity index (χ0v) is 8.70. The number of halogens is 1. The molecule has 0 fully saturated rings. The smallest absolute Gasteiger partial charge is 0.0649 e. The molecule has 14 heavy (non-hydrogen) atoms. The number of H-pyrrole nitrogens is 1. The molecule has 0 atom stereocenters. The van der Waals surface area contributed by atoms with E-state index in [-0.39, 0.29) is 0 Å². The second-order valence-electron chi connectivity index (χ2n) is 3.85. The molecule has 0 radical (unpaired) electrons. The van der Waals surface area contributed by atoms with Crippen LogP contribution in [0, 0.1) is 6.92 Å². The number of aromatic nitrogens is 1. The van der Waals surface area contributed by atoms with E-state index in [1.54, 1.807) is 0 Å². The first-order valence-corrected chi connectivity index (χ1v) is 5.14. The Balaban J connectivity index is 2.43. The predicted molar refractivity (Wildman–Crippen MR) is 58.6 cm³/mol. The molecule has 2 N–H and O–H groups in total. The second kappa shape index (κ2) is 2.75. The van der Waals surface area contributed by atoms with Crippen molar-refractivity contribution in [3.63, 3.8) is 0 Å². The summed E-state index contributed by atoms with van der Waals surface area (Å²) in [7, 11) is 0. The summed E-state index contributed by atoms with van der Waals surface area (Å²) in [6.07, 6.45) is 0. The fourth-order valence-corrected chi connectivity index (χ4v) is 2.48. The third-order valence-corrected chi connectivity index (χ3v) is 3.10. The van der Waals surface area contributed by atoms with Gasteiger partial charge in [-0.1, -0.05) is 11.6 Å². The van der Waals surface area contributed by atoms with E-state index in [9.17, 15) is 0 Å². The molecular formula is C11H11ClN2. The summed E-state index contributed by atoms with van der Waals surface area (Å²) >= 11 is 6.18. The Kier molecular flexibility index (Phi) is 1.64. The van der Waals surface area contributed by atoms with Gasteiger partial charge in [0, 0.05) is 24.2 Å². The van der Waals surface area contributed by atoms with Crippen LogP contribution < -0.4 is 5.32 Å². The highest BCUT2D eigenvalue weighted by atomic mass is 35.5. The second-order valence-corrected chi connectivity index (χ2v) is 4.26. The third-order valence-electron chi connectivity index (χ3n) is 2.80. The van der Waals surface area contributed by atoms with Crippen molar-refractivity contribution < 1.29 is 0 Å². The minimum absolute atomic E-state index is 0.828. The third kappa shape index (κ3) is 1.01. The van der Waals surface area contributed by atoms with Crippen LogP contribution in [0.1, 0.15) is 16.8 Å². The van der Waals surface area contributed by atoms with E-state index < -0.39 is 0 Å². The van der Waals surface area contributed by atoms with Crippen LogP contribution in [-0.2, 0) is 13.1 Å². The van der Waals surface area contributed by atoms with Gasteiger partial charge in [-0.25, -0.2) is 0 Å². The first-order valence-electron chi connectivity index (χ1n) is 4.76. The Morgan fingerprint density at radius 3 is 3.00 bits per heavy atom. The van der Waals surface area contributed by atoms with Crippen molar-refractivity contribution in [2.75, 3.05) is 0 Å². The molecule has 0 saturated carbocycles. The lowest BCUT2D eigenvalue weighted by atomic mass is 10.1. The number of aromatic amines is 1. The van der Waals surface area contributed by atoms with Crippen molar-refractivity contribution in [3.8, 4) is 0 Å². The lowest BCUT2D eigenvalue weighted by molar-refractivity contribution is 0.757. The molecule has 1 aromatic heterocycles. The fraction of sp³-hybridized carbons (Fsp3) is 0.273. The number of aryl methyl sites for hydroxylation is 1. The van der Waals surface area contributed by atoms with E-state index in [0.717, 1.165) is 23.6 Å². The zero-order valence-electron chi connectivity index (χ0n) is 7.95. The number of benzene rings is 1. The standard InChI is InChI=1S/C11H11ClN2/c1-6-2-7-8-4-13-5-10(8)14-11(7)9(12)3-6/h2-3,13-14H,4-5H2,1H3. The quantitative estimate of drug-likeness (QED) is 0.682. The van der Waals surface area contributed by atoms with Gasteiger partial charge in [0.2, 0.25) is 0 Å². The van der Waals surface area contributed by atoms with Crippen molar-refractivity contribution in [3.05, 3.63) is 34.0 Å². The fourth-order valence-electron chi connectivity index (χ4n) is 2.16. The highest BCUT2D eigenvalue weighted by Crippen LogP contribution is 2.31.